The van der Waals surface area contributed by atoms with Crippen molar-refractivity contribution in [2.24, 2.45) is 35.5 Å². The number of benzene rings is 2. The van der Waals surface area contributed by atoms with Crippen LogP contribution < -0.4 is 31.9 Å². The zero-order valence-electron chi connectivity index (χ0n) is 83.6. The monoisotopic (exact) mass is 1960 g/mol. The quantitative estimate of drug-likeness (QED) is 0.0115. The first-order valence-electron chi connectivity index (χ1n) is 50.0. The molecule has 0 radical (unpaired) electrons. The molecular weight excluding hydrogens is 1820 g/mol. The lowest BCUT2D eigenvalue weighted by atomic mass is 9.78. The third-order valence-corrected chi connectivity index (χ3v) is 28.9. The van der Waals surface area contributed by atoms with Gasteiger partial charge in [0.05, 0.1) is 74.8 Å². The maximum absolute atomic E-state index is 15.0. The average Bonchev–Trinajstić information content (AvgIpc) is 1.55. The van der Waals surface area contributed by atoms with E-state index in [2.05, 4.69) is 73.5 Å². The summed E-state index contributed by atoms with van der Waals surface area (Å²) in [5, 5.41) is 35.3. The Labute approximate surface area is 829 Å². The molecule has 8 N–H and O–H groups in total. The summed E-state index contributed by atoms with van der Waals surface area (Å²) >= 11 is 0. The van der Waals surface area contributed by atoms with Gasteiger partial charge >= 0.3 is 12.1 Å². The number of alkyl carbamates (subject to hydrolysis) is 1. The van der Waals surface area contributed by atoms with Crippen molar-refractivity contribution in [3.63, 3.8) is 0 Å². The molecule has 1 aliphatic carbocycles. The second-order valence-electron chi connectivity index (χ2n) is 38.9. The molecule has 5 amide bonds. The molecule has 11 heterocycles. The first kappa shape index (κ1) is 106. The number of aliphatic hydroxyl groups excluding tert-OH is 1. The molecule has 142 heavy (non-hydrogen) atoms. The summed E-state index contributed by atoms with van der Waals surface area (Å²) < 4.78 is 61.6. The molecule has 768 valence electrons. The molecule has 39 heteroatoms. The summed E-state index contributed by atoms with van der Waals surface area (Å²) in [5.74, 6) is -6.42. The number of piperidine rings is 1. The minimum absolute atomic E-state index is 0.000900. The minimum Gasteiger partial charge on any atom is -0.460 e. The molecule has 16 atom stereocenters. The Hall–Kier alpha value is -11.7. The average molecular weight is 1970 g/mol. The number of allylic oxidation sites excluding steroid dienone is 5. The highest BCUT2D eigenvalue weighted by molar-refractivity contribution is 6.39. The number of aliphatic hydroxyl groups is 2. The highest BCUT2D eigenvalue weighted by atomic mass is 16.6. The Kier molecular flexibility index (Phi) is 37.4. The lowest BCUT2D eigenvalue weighted by Crippen LogP contribution is -2.61. The van der Waals surface area contributed by atoms with Gasteiger partial charge in [-0.3, -0.25) is 33.7 Å². The molecule has 5 fully saturated rings. The molecule has 6 aliphatic heterocycles. The van der Waals surface area contributed by atoms with Gasteiger partial charge in [0.25, 0.3) is 23.6 Å². The standard InChI is InChI=1S/C103H141N19O20/c1-63-17-13-12-14-18-64(2)82(133-8)53-77-25-20-69(7)103(132,142-77)93(127)97(129)121-32-16-15-19-79(121)98(130)139-84(54-83(134-9)65(3)48-68(6)91(126)92(136-11)90(125)67(5)47-63)66(4)49-70-22-26-81(85(51-70)135-10)141-102(131)106-31-45-137-43-29-86(123)107-55-72-56-108-100(109-57-72)119-40-38-117(39-41-119)87(124)30-44-138-46-42-116-34-36-118(37-35-116)101-110-58-76(59-111-101)96(128)120-33-28-73-50-71(21-23-75(73)61-120)60-122-95-88(94(104)112-62-113-95)89(115-122)74-24-27-80-78(52-74)114-99(105)140-80/h12-14,17-18,21,23-24,27,48,50,52,56-59,62-63,65-67,69-70,77,79,81-85,91-92,126,132H,15-16,19-20,22,25-26,28-47,49,51,53-55,60-61H2,1-11H3,(H2,105,114)(H,106,131)(H,107,123)(H2,104,112,113)/b14-12+,17-13+,64-18+,68-48+/t63-,65-,66-,67-,69-,70+,77+,79+,81-,82+,83-,84+,85-,91-,92+,103-/m1/s1. The lowest BCUT2D eigenvalue weighted by Gasteiger charge is -2.43. The van der Waals surface area contributed by atoms with E-state index in [4.69, 9.17) is 63.6 Å². The van der Waals surface area contributed by atoms with Gasteiger partial charge in [-0.1, -0.05) is 89.3 Å². The first-order chi connectivity index (χ1) is 68.5. The normalized spacial score (nSPS) is 27.3. The van der Waals surface area contributed by atoms with Crippen molar-refractivity contribution in [3.8, 4) is 11.3 Å². The largest absolute Gasteiger partial charge is 0.460 e. The van der Waals surface area contributed by atoms with Crippen LogP contribution >= 0.6 is 0 Å². The van der Waals surface area contributed by atoms with E-state index in [0.29, 0.717) is 205 Å². The molecule has 14 rings (SSSR count). The molecule has 2 aromatic carbocycles. The van der Waals surface area contributed by atoms with Gasteiger partial charge in [-0.15, -0.1) is 0 Å². The van der Waals surface area contributed by atoms with Crippen molar-refractivity contribution in [3.05, 3.63) is 143 Å². The van der Waals surface area contributed by atoms with E-state index in [1.165, 1.54) is 18.3 Å². The van der Waals surface area contributed by atoms with Crippen LogP contribution in [0.2, 0.25) is 0 Å². The number of methoxy groups -OCH3 is 4. The van der Waals surface area contributed by atoms with E-state index < -0.39 is 102 Å². The number of rotatable bonds is 28. The van der Waals surface area contributed by atoms with Crippen molar-refractivity contribution in [1.82, 2.24) is 74.9 Å². The number of ketones is 2. The molecular formula is C103H141N19O20. The number of hydrogen-bond donors (Lipinski definition) is 6. The van der Waals surface area contributed by atoms with Gasteiger partial charge in [0.2, 0.25) is 29.5 Å². The Morgan fingerprint density at radius 3 is 2.15 bits per heavy atom. The van der Waals surface area contributed by atoms with Crippen molar-refractivity contribution in [2.75, 3.05) is 155 Å². The van der Waals surface area contributed by atoms with Crippen LogP contribution in [-0.2, 0) is 97.5 Å². The molecule has 4 saturated heterocycles. The van der Waals surface area contributed by atoms with Crippen molar-refractivity contribution >= 4 is 93.1 Å². The van der Waals surface area contributed by atoms with Gasteiger partial charge in [0, 0.05) is 193 Å². The van der Waals surface area contributed by atoms with Crippen molar-refractivity contribution < 1.29 is 95.6 Å². The highest BCUT2D eigenvalue weighted by Crippen LogP contribution is 2.41. The Morgan fingerprint density at radius 1 is 0.683 bits per heavy atom. The summed E-state index contributed by atoms with van der Waals surface area (Å²) in [6, 6.07) is 10.7. The smallest absolute Gasteiger partial charge is 0.407 e. The number of fused-ring (bicyclic) bond motifs is 6. The van der Waals surface area contributed by atoms with Crippen LogP contribution in [0.1, 0.15) is 171 Å². The summed E-state index contributed by atoms with van der Waals surface area (Å²) in [7, 11) is 6.12. The van der Waals surface area contributed by atoms with Gasteiger partial charge in [0.1, 0.15) is 53.8 Å². The molecule has 2 bridgehead atoms. The van der Waals surface area contributed by atoms with Crippen molar-refractivity contribution in [2.45, 2.75) is 225 Å². The van der Waals surface area contributed by atoms with Crippen LogP contribution in [0, 0.1) is 35.5 Å². The number of ether oxygens (including phenoxy) is 9. The number of anilines is 4. The van der Waals surface area contributed by atoms with E-state index in [9.17, 15) is 48.6 Å². The lowest BCUT2D eigenvalue weighted by molar-refractivity contribution is -0.265. The third kappa shape index (κ3) is 27.1. The summed E-state index contributed by atoms with van der Waals surface area (Å²) in [6.45, 7) is 21.8. The van der Waals surface area contributed by atoms with Crippen LogP contribution in [0.15, 0.2) is 120 Å². The number of nitrogens with zero attached hydrogens (tertiary/aromatic N) is 15. The van der Waals surface area contributed by atoms with Gasteiger partial charge in [-0.25, -0.2) is 44.2 Å². The number of carbonyl (C=O) groups excluding carboxylic acids is 8. The number of Topliss-reactive ketones (excluding diaryl/α,β-unsaturated/α-hetero) is 2. The molecule has 0 unspecified atom stereocenters. The predicted molar refractivity (Wildman–Crippen MR) is 529 cm³/mol. The Bertz CT molecular complexity index is 5600. The fourth-order valence-electron chi connectivity index (χ4n) is 20.4. The van der Waals surface area contributed by atoms with E-state index in [1.807, 2.05) is 103 Å². The zero-order chi connectivity index (χ0) is 101. The molecule has 5 aromatic heterocycles. The van der Waals surface area contributed by atoms with E-state index in [1.54, 1.807) is 66.0 Å². The number of nitrogen functional groups attached to an aromatic ring is 2. The van der Waals surface area contributed by atoms with E-state index in [-0.39, 0.29) is 106 Å². The fourth-order valence-corrected chi connectivity index (χ4v) is 20.4. The second kappa shape index (κ2) is 50.0. The number of carbonyl (C=O) groups is 8. The number of hydrogen-bond acceptors (Lipinski definition) is 33. The van der Waals surface area contributed by atoms with Gasteiger partial charge < -0.3 is 104 Å². The summed E-state index contributed by atoms with van der Waals surface area (Å²) in [6.07, 6.45) is 19.1. The Balaban J connectivity index is 0.465. The number of nitrogens with two attached hydrogens (primary N) is 2. The number of amides is 5. The predicted octanol–water partition coefficient (Wildman–Crippen LogP) is 8.90. The summed E-state index contributed by atoms with van der Waals surface area (Å²) in [4.78, 5) is 155. The number of piperazine rings is 2. The van der Waals surface area contributed by atoms with Crippen LogP contribution in [0.4, 0.5) is 28.5 Å². The van der Waals surface area contributed by atoms with Gasteiger partial charge in [0.15, 0.2) is 17.0 Å². The SMILES string of the molecule is CO[C@H]1C[C@@H]2CC[C@@H](C)[C@@](O)(O2)C(=O)C(=O)N2CCCC[C@H]2C(=O)O[C@H]([C@H](C)C[C@@H]2CC[C@@H](OC(=O)NCCOCCC(=O)NCc3cnc(N4CCN(C(=O)CCOCCN5CCN(c6ncc(C(=O)N7CCc8cc(Cn9nc(-c%10ccc%11oc(N)nc%11c%10)c%10c(N)ncnc%109)ccc8C7)cn6)CC5)CC4)nc3)[C@H](OC)C2)C[C@@H](OC)[C@H](C)/C=C(\C)[C@@H](O)[C@@H](OC)C(=O)[C@H](C)C[C@H](C)/C=C/C=C/C=C/1C. The topological polar surface area (TPSA) is 477 Å². The zero-order valence-corrected chi connectivity index (χ0v) is 83.6. The van der Waals surface area contributed by atoms with E-state index in [0.717, 1.165) is 47.5 Å². The fraction of sp³-hybridized carbons (Fsp3) is 0.592. The van der Waals surface area contributed by atoms with Crippen LogP contribution in [0.3, 0.4) is 0 Å². The number of oxazole rings is 1. The minimum atomic E-state index is -2.47. The Morgan fingerprint density at radius 2 is 1.42 bits per heavy atom. The third-order valence-electron chi connectivity index (χ3n) is 28.9. The van der Waals surface area contributed by atoms with Crippen LogP contribution in [0.25, 0.3) is 33.4 Å². The maximum atomic E-state index is 15.0. The maximum Gasteiger partial charge on any atom is 0.407 e. The molecule has 7 aliphatic rings. The highest BCUT2D eigenvalue weighted by Gasteiger charge is 2.54. The molecule has 1 saturated carbocycles. The van der Waals surface area contributed by atoms with Crippen LogP contribution in [-0.4, -0.2) is 316 Å². The van der Waals surface area contributed by atoms with Crippen molar-refractivity contribution in [1.29, 1.82) is 0 Å². The molecule has 0 spiro atoms. The number of cyclic esters (lactones) is 1. The molecule has 39 nitrogen and oxygen atoms in total. The first-order valence-corrected chi connectivity index (χ1v) is 50.0. The number of esters is 1. The molecule has 7 aromatic rings. The second-order valence-corrected chi connectivity index (χ2v) is 38.9. The summed E-state index contributed by atoms with van der Waals surface area (Å²) in [5.41, 5.74) is 21.1. The van der Waals surface area contributed by atoms with Crippen LogP contribution in [0.5, 0.6) is 0 Å². The number of nitrogens with one attached hydrogen (secondary N) is 2. The van der Waals surface area contributed by atoms with E-state index >= 15 is 0 Å². The van der Waals surface area contributed by atoms with Gasteiger partial charge in [-0.2, -0.15) is 10.1 Å². The van der Waals surface area contributed by atoms with Gasteiger partial charge in [-0.05, 0) is 148 Å². The number of aromatic nitrogens is 9.